The Morgan fingerprint density at radius 2 is 2.20 bits per heavy atom. The average Bonchev–Trinajstić information content (AvgIpc) is 2.94. The third-order valence-corrected chi connectivity index (χ3v) is 5.58. The summed E-state index contributed by atoms with van der Waals surface area (Å²) in [5.74, 6) is 0. The van der Waals surface area contributed by atoms with E-state index in [1.807, 2.05) is 26.8 Å². The molecular formula is C12H18N4O2S2. The van der Waals surface area contributed by atoms with Crippen LogP contribution in [0.2, 0.25) is 0 Å². The Bertz CT molecular complexity index is 703. The van der Waals surface area contributed by atoms with Crippen LogP contribution in [-0.4, -0.2) is 18.6 Å². The molecule has 2 aromatic rings. The number of H-pyrrole nitrogens is 1. The topological polar surface area (TPSA) is 101 Å². The normalized spacial score (nSPS) is 13.6. The van der Waals surface area contributed by atoms with Crippen LogP contribution in [0.5, 0.6) is 0 Å². The highest BCUT2D eigenvalue weighted by atomic mass is 32.2. The molecule has 0 saturated heterocycles. The van der Waals surface area contributed by atoms with Crippen LogP contribution < -0.4 is 10.5 Å². The van der Waals surface area contributed by atoms with E-state index in [4.69, 9.17) is 5.73 Å². The van der Waals surface area contributed by atoms with Crippen LogP contribution in [0, 0.1) is 13.8 Å². The van der Waals surface area contributed by atoms with Crippen molar-refractivity contribution in [3.8, 4) is 0 Å². The summed E-state index contributed by atoms with van der Waals surface area (Å²) in [7, 11) is -3.66. The molecule has 110 valence electrons. The molecule has 2 aromatic heterocycles. The zero-order valence-electron chi connectivity index (χ0n) is 11.6. The molecule has 6 nitrogen and oxygen atoms in total. The van der Waals surface area contributed by atoms with Crippen LogP contribution in [0.25, 0.3) is 0 Å². The zero-order chi connectivity index (χ0) is 14.9. The molecule has 20 heavy (non-hydrogen) atoms. The first-order valence-corrected chi connectivity index (χ1v) is 8.46. The van der Waals surface area contributed by atoms with E-state index in [9.17, 15) is 8.42 Å². The zero-order valence-corrected chi connectivity index (χ0v) is 13.2. The lowest BCUT2D eigenvalue weighted by molar-refractivity contribution is 0.561. The second kappa shape index (κ2) is 5.65. The first-order valence-electron chi connectivity index (χ1n) is 6.16. The summed E-state index contributed by atoms with van der Waals surface area (Å²) in [5, 5.41) is 6.27. The summed E-state index contributed by atoms with van der Waals surface area (Å²) >= 11 is 1.65. The van der Waals surface area contributed by atoms with Crippen molar-refractivity contribution in [2.75, 3.05) is 0 Å². The van der Waals surface area contributed by atoms with Gasteiger partial charge in [0, 0.05) is 27.9 Å². The Balaban J connectivity index is 2.27. The highest BCUT2D eigenvalue weighted by molar-refractivity contribution is 7.89. The van der Waals surface area contributed by atoms with Crippen molar-refractivity contribution in [1.82, 2.24) is 14.9 Å². The number of aromatic amines is 1. The van der Waals surface area contributed by atoms with E-state index in [1.165, 1.54) is 6.20 Å². The van der Waals surface area contributed by atoms with Gasteiger partial charge in [0.1, 0.15) is 0 Å². The van der Waals surface area contributed by atoms with Crippen molar-refractivity contribution in [2.24, 2.45) is 5.73 Å². The molecule has 1 unspecified atom stereocenters. The number of hydrogen-bond donors (Lipinski definition) is 3. The van der Waals surface area contributed by atoms with Crippen LogP contribution in [-0.2, 0) is 16.6 Å². The molecule has 8 heteroatoms. The monoisotopic (exact) mass is 314 g/mol. The first-order chi connectivity index (χ1) is 9.35. The van der Waals surface area contributed by atoms with Crippen molar-refractivity contribution in [1.29, 1.82) is 0 Å². The summed E-state index contributed by atoms with van der Waals surface area (Å²) in [6.07, 6.45) is 1.43. The predicted octanol–water partition coefficient (Wildman–Crippen LogP) is 1.59. The molecule has 0 bridgehead atoms. The Morgan fingerprint density at radius 3 is 2.75 bits per heavy atom. The lowest BCUT2D eigenvalue weighted by Gasteiger charge is -2.14. The van der Waals surface area contributed by atoms with Gasteiger partial charge < -0.3 is 5.73 Å². The largest absolute Gasteiger partial charge is 0.326 e. The summed E-state index contributed by atoms with van der Waals surface area (Å²) in [4.78, 5) is 2.27. The molecule has 4 N–H and O–H groups in total. The summed E-state index contributed by atoms with van der Waals surface area (Å²) < 4.78 is 27.3. The number of rotatable bonds is 5. The van der Waals surface area contributed by atoms with Gasteiger partial charge in [0.2, 0.25) is 0 Å². The van der Waals surface area contributed by atoms with Gasteiger partial charge in [-0.25, -0.2) is 13.1 Å². The third kappa shape index (κ3) is 2.93. The molecule has 0 saturated carbocycles. The van der Waals surface area contributed by atoms with Crippen LogP contribution >= 0.6 is 11.3 Å². The van der Waals surface area contributed by atoms with Crippen molar-refractivity contribution >= 4 is 21.4 Å². The maximum absolute atomic E-state index is 12.3. The van der Waals surface area contributed by atoms with Crippen LogP contribution in [0.3, 0.4) is 0 Å². The summed E-state index contributed by atoms with van der Waals surface area (Å²) in [5.41, 5.74) is 6.98. The Labute approximate surface area is 122 Å². The molecule has 2 rings (SSSR count). The SMILES string of the molecule is Cc1cc(C(C)NS(=O)(=O)c2[nH]ncc2CN)c(C)s1. The summed E-state index contributed by atoms with van der Waals surface area (Å²) in [6, 6.07) is 1.70. The maximum atomic E-state index is 12.3. The fourth-order valence-electron chi connectivity index (χ4n) is 2.11. The van der Waals surface area contributed by atoms with Crippen LogP contribution in [0.15, 0.2) is 17.3 Å². The second-order valence-electron chi connectivity index (χ2n) is 4.64. The fourth-order valence-corrected chi connectivity index (χ4v) is 4.50. The molecule has 0 fully saturated rings. The lowest BCUT2D eigenvalue weighted by Crippen LogP contribution is -2.28. The highest BCUT2D eigenvalue weighted by Crippen LogP contribution is 2.27. The van der Waals surface area contributed by atoms with Gasteiger partial charge in [-0.1, -0.05) is 0 Å². The van der Waals surface area contributed by atoms with Crippen molar-refractivity contribution < 1.29 is 8.42 Å². The molecule has 0 spiro atoms. The average molecular weight is 314 g/mol. The van der Waals surface area contributed by atoms with Crippen molar-refractivity contribution in [2.45, 2.75) is 38.4 Å². The number of aromatic nitrogens is 2. The Kier molecular flexibility index (Phi) is 4.28. The van der Waals surface area contributed by atoms with E-state index in [0.717, 1.165) is 15.3 Å². The van der Waals surface area contributed by atoms with E-state index in [2.05, 4.69) is 14.9 Å². The van der Waals surface area contributed by atoms with Gasteiger partial charge in [0.05, 0.1) is 6.20 Å². The molecule has 0 aliphatic heterocycles. The third-order valence-electron chi connectivity index (χ3n) is 3.04. The Hall–Kier alpha value is -1.22. The molecular weight excluding hydrogens is 296 g/mol. The van der Waals surface area contributed by atoms with E-state index < -0.39 is 10.0 Å². The van der Waals surface area contributed by atoms with E-state index in [0.29, 0.717) is 5.56 Å². The van der Waals surface area contributed by atoms with Crippen LogP contribution in [0.4, 0.5) is 0 Å². The summed E-state index contributed by atoms with van der Waals surface area (Å²) in [6.45, 7) is 5.94. The lowest BCUT2D eigenvalue weighted by atomic mass is 10.1. The number of aryl methyl sites for hydroxylation is 2. The standard InChI is InChI=1S/C12H18N4O2S2/c1-7-4-11(9(3)19-7)8(2)16-20(17,18)12-10(5-13)6-14-15-12/h4,6,8,16H,5,13H2,1-3H3,(H,14,15). The molecule has 0 aromatic carbocycles. The van der Waals surface area contributed by atoms with Gasteiger partial charge in [0.15, 0.2) is 5.03 Å². The number of nitrogens with two attached hydrogens (primary N) is 1. The fraction of sp³-hybridized carbons (Fsp3) is 0.417. The molecule has 0 amide bonds. The van der Waals surface area contributed by atoms with Crippen molar-refractivity contribution in [3.05, 3.63) is 33.1 Å². The Morgan fingerprint density at radius 1 is 1.50 bits per heavy atom. The quantitative estimate of drug-likeness (QED) is 0.780. The molecule has 0 aliphatic rings. The van der Waals surface area contributed by atoms with Crippen molar-refractivity contribution in [3.63, 3.8) is 0 Å². The number of nitrogens with one attached hydrogen (secondary N) is 2. The van der Waals surface area contributed by atoms with Gasteiger partial charge in [-0.15, -0.1) is 11.3 Å². The van der Waals surface area contributed by atoms with E-state index in [1.54, 1.807) is 11.3 Å². The van der Waals surface area contributed by atoms with Gasteiger partial charge in [-0.2, -0.15) is 5.10 Å². The predicted molar refractivity (Wildman–Crippen MR) is 79.0 cm³/mol. The maximum Gasteiger partial charge on any atom is 0.258 e. The highest BCUT2D eigenvalue weighted by Gasteiger charge is 2.24. The number of thiophene rings is 1. The first kappa shape index (κ1) is 15.2. The molecule has 2 heterocycles. The van der Waals surface area contributed by atoms with Gasteiger partial charge in [0.25, 0.3) is 10.0 Å². The van der Waals surface area contributed by atoms with E-state index >= 15 is 0 Å². The van der Waals surface area contributed by atoms with Gasteiger partial charge in [-0.05, 0) is 32.4 Å². The number of nitrogens with zero attached hydrogens (tertiary/aromatic N) is 1. The van der Waals surface area contributed by atoms with Crippen LogP contribution in [0.1, 0.15) is 33.8 Å². The minimum absolute atomic E-state index is 0.0384. The van der Waals surface area contributed by atoms with Gasteiger partial charge >= 0.3 is 0 Å². The second-order valence-corrected chi connectivity index (χ2v) is 7.75. The molecule has 0 radical (unpaired) electrons. The molecule has 0 aliphatic carbocycles. The number of sulfonamides is 1. The minimum Gasteiger partial charge on any atom is -0.326 e. The smallest absolute Gasteiger partial charge is 0.258 e. The number of hydrogen-bond acceptors (Lipinski definition) is 5. The van der Waals surface area contributed by atoms with Gasteiger partial charge in [-0.3, -0.25) is 5.10 Å². The minimum atomic E-state index is -3.66. The van der Waals surface area contributed by atoms with E-state index in [-0.39, 0.29) is 17.6 Å². The molecule has 1 atom stereocenters.